The average molecular weight is 400 g/mol. The van der Waals surface area contributed by atoms with Gasteiger partial charge in [0.2, 0.25) is 0 Å². The highest BCUT2D eigenvalue weighted by Crippen LogP contribution is 2.29. The normalized spacial score (nSPS) is 14.7. The van der Waals surface area contributed by atoms with Crippen molar-refractivity contribution in [1.29, 1.82) is 0 Å². The molecule has 28 heavy (non-hydrogen) atoms. The molecule has 0 radical (unpaired) electrons. The summed E-state index contributed by atoms with van der Waals surface area (Å²) in [5.41, 5.74) is 1.13. The minimum absolute atomic E-state index is 0.0895. The lowest BCUT2D eigenvalue weighted by atomic mass is 10.2. The van der Waals surface area contributed by atoms with Crippen LogP contribution in [0.2, 0.25) is 0 Å². The molecule has 0 unspecified atom stereocenters. The zero-order chi connectivity index (χ0) is 20.0. The van der Waals surface area contributed by atoms with Gasteiger partial charge in [-0.1, -0.05) is 12.1 Å². The summed E-state index contributed by atoms with van der Waals surface area (Å²) in [5, 5.41) is 0.520. The number of carbonyl (C=O) groups is 1. The van der Waals surface area contributed by atoms with Crippen molar-refractivity contribution in [3.63, 3.8) is 0 Å². The zero-order valence-electron chi connectivity index (χ0n) is 16.0. The summed E-state index contributed by atoms with van der Waals surface area (Å²) in [6.07, 6.45) is 0. The average Bonchev–Trinajstić information content (AvgIpc) is 3.02. The summed E-state index contributed by atoms with van der Waals surface area (Å²) in [7, 11) is 1.69. The van der Waals surface area contributed by atoms with E-state index in [0.29, 0.717) is 58.3 Å². The molecular weight excluding hydrogens is 379 g/mol. The van der Waals surface area contributed by atoms with Crippen LogP contribution in [0.4, 0.5) is 10.1 Å². The molecule has 1 saturated heterocycles. The Morgan fingerprint density at radius 1 is 1.14 bits per heavy atom. The Morgan fingerprint density at radius 2 is 1.82 bits per heavy atom. The minimum Gasteiger partial charge on any atom is -0.366 e. The first-order valence-corrected chi connectivity index (χ1v) is 9.95. The first kappa shape index (κ1) is 18.6. The third-order valence-electron chi connectivity index (χ3n) is 5.35. The molecule has 3 aromatic rings. The molecule has 0 saturated carbocycles. The molecule has 0 N–H and O–H groups in total. The lowest BCUT2D eigenvalue weighted by molar-refractivity contribution is 0.0751. The van der Waals surface area contributed by atoms with Gasteiger partial charge in [-0.15, -0.1) is 11.3 Å². The van der Waals surface area contributed by atoms with Crippen molar-refractivity contribution in [3.8, 4) is 0 Å². The summed E-state index contributed by atoms with van der Waals surface area (Å²) in [6, 6.07) is 6.69. The van der Waals surface area contributed by atoms with Crippen molar-refractivity contribution in [2.45, 2.75) is 13.8 Å². The first-order chi connectivity index (χ1) is 13.4. The Balaban J connectivity index is 1.58. The number of hydrogen-bond donors (Lipinski definition) is 0. The summed E-state index contributed by atoms with van der Waals surface area (Å²) in [5.74, 6) is 0.282. The van der Waals surface area contributed by atoms with Gasteiger partial charge in [0.15, 0.2) is 0 Å². The number of benzene rings is 1. The number of carbonyl (C=O) groups excluding carboxylic acids is 1. The van der Waals surface area contributed by atoms with Gasteiger partial charge >= 0.3 is 0 Å². The van der Waals surface area contributed by atoms with Gasteiger partial charge in [0.25, 0.3) is 11.5 Å². The molecule has 0 spiro atoms. The molecule has 146 valence electrons. The van der Waals surface area contributed by atoms with E-state index in [1.165, 1.54) is 22.0 Å². The molecule has 0 atom stereocenters. The van der Waals surface area contributed by atoms with Gasteiger partial charge in [-0.3, -0.25) is 14.2 Å². The van der Waals surface area contributed by atoms with Crippen LogP contribution in [0.25, 0.3) is 10.2 Å². The molecule has 1 fully saturated rings. The van der Waals surface area contributed by atoms with Gasteiger partial charge in [-0.05, 0) is 31.5 Å². The molecule has 2 aromatic heterocycles. The van der Waals surface area contributed by atoms with Gasteiger partial charge in [-0.2, -0.15) is 0 Å². The van der Waals surface area contributed by atoms with Crippen LogP contribution in [-0.4, -0.2) is 46.5 Å². The van der Waals surface area contributed by atoms with E-state index in [0.717, 1.165) is 0 Å². The van der Waals surface area contributed by atoms with E-state index in [2.05, 4.69) is 4.98 Å². The third-order valence-corrected chi connectivity index (χ3v) is 6.52. The van der Waals surface area contributed by atoms with E-state index < -0.39 is 0 Å². The van der Waals surface area contributed by atoms with Crippen molar-refractivity contribution < 1.29 is 9.18 Å². The van der Waals surface area contributed by atoms with Crippen molar-refractivity contribution in [3.05, 3.63) is 56.7 Å². The van der Waals surface area contributed by atoms with Gasteiger partial charge in [0.05, 0.1) is 16.0 Å². The molecule has 0 aliphatic carbocycles. The standard InChI is InChI=1S/C20H21FN4O2S/c1-12-16-18(22-13(2)23(3)19(16)26)28-17(12)20(27)25-10-8-24(9-11-25)15-7-5-4-6-14(15)21/h4-7H,8-11H2,1-3H3. The molecule has 6 nitrogen and oxygen atoms in total. The Labute approximate surface area is 165 Å². The molecule has 3 heterocycles. The monoisotopic (exact) mass is 400 g/mol. The van der Waals surface area contributed by atoms with Crippen LogP contribution in [0.15, 0.2) is 29.1 Å². The highest BCUT2D eigenvalue weighted by atomic mass is 32.1. The van der Waals surface area contributed by atoms with Gasteiger partial charge in [-0.25, -0.2) is 9.37 Å². The summed E-state index contributed by atoms with van der Waals surface area (Å²) < 4.78 is 15.5. The molecule has 0 bridgehead atoms. The number of thiophene rings is 1. The van der Waals surface area contributed by atoms with E-state index in [1.54, 1.807) is 37.9 Å². The second-order valence-corrected chi connectivity index (χ2v) is 7.99. The highest BCUT2D eigenvalue weighted by molar-refractivity contribution is 7.20. The molecule has 1 aromatic carbocycles. The summed E-state index contributed by atoms with van der Waals surface area (Å²) >= 11 is 1.27. The number of fused-ring (bicyclic) bond motifs is 1. The smallest absolute Gasteiger partial charge is 0.264 e. The number of amides is 1. The predicted octanol–water partition coefficient (Wildman–Crippen LogP) is 2.71. The number of nitrogens with zero attached hydrogens (tertiary/aromatic N) is 4. The van der Waals surface area contributed by atoms with Crippen molar-refractivity contribution in [2.24, 2.45) is 7.05 Å². The Kier molecular flexibility index (Phi) is 4.66. The number of hydrogen-bond acceptors (Lipinski definition) is 5. The fraction of sp³-hybridized carbons (Fsp3) is 0.350. The topological polar surface area (TPSA) is 58.4 Å². The molecular formula is C20H21FN4O2S. The molecule has 1 amide bonds. The highest BCUT2D eigenvalue weighted by Gasteiger charge is 2.27. The number of aromatic nitrogens is 2. The van der Waals surface area contributed by atoms with Crippen LogP contribution in [-0.2, 0) is 7.05 Å². The number of piperazine rings is 1. The van der Waals surface area contributed by atoms with Crippen LogP contribution < -0.4 is 10.5 Å². The maximum Gasteiger partial charge on any atom is 0.264 e. The fourth-order valence-electron chi connectivity index (χ4n) is 3.57. The second kappa shape index (κ2) is 7.01. The van der Waals surface area contributed by atoms with Crippen LogP contribution in [0.5, 0.6) is 0 Å². The Bertz CT molecular complexity index is 1130. The second-order valence-electron chi connectivity index (χ2n) is 6.99. The van der Waals surface area contributed by atoms with Crippen molar-refractivity contribution in [1.82, 2.24) is 14.5 Å². The third kappa shape index (κ3) is 2.97. The van der Waals surface area contributed by atoms with Crippen LogP contribution in [0.1, 0.15) is 21.1 Å². The maximum absolute atomic E-state index is 14.0. The predicted molar refractivity (Wildman–Crippen MR) is 109 cm³/mol. The van der Waals surface area contributed by atoms with E-state index in [9.17, 15) is 14.0 Å². The summed E-state index contributed by atoms with van der Waals surface area (Å²) in [4.78, 5) is 35.0. The van der Waals surface area contributed by atoms with Gasteiger partial charge in [0.1, 0.15) is 16.5 Å². The lowest BCUT2D eigenvalue weighted by Gasteiger charge is -2.36. The number of rotatable bonds is 2. The number of anilines is 1. The lowest BCUT2D eigenvalue weighted by Crippen LogP contribution is -2.49. The van der Waals surface area contributed by atoms with E-state index in [4.69, 9.17) is 0 Å². The molecule has 1 aliphatic heterocycles. The molecule has 4 rings (SSSR count). The quantitative estimate of drug-likeness (QED) is 0.664. The maximum atomic E-state index is 14.0. The molecule has 8 heteroatoms. The van der Waals surface area contributed by atoms with Crippen LogP contribution in [0, 0.1) is 19.7 Å². The Hall–Kier alpha value is -2.74. The number of para-hydroxylation sites is 1. The fourth-order valence-corrected chi connectivity index (χ4v) is 4.76. The number of aryl methyl sites for hydroxylation is 2. The minimum atomic E-state index is -0.250. The van der Waals surface area contributed by atoms with E-state index >= 15 is 0 Å². The van der Waals surface area contributed by atoms with E-state index in [1.807, 2.05) is 11.0 Å². The van der Waals surface area contributed by atoms with Crippen molar-refractivity contribution >= 4 is 33.1 Å². The largest absolute Gasteiger partial charge is 0.366 e. The Morgan fingerprint density at radius 3 is 2.50 bits per heavy atom. The van der Waals surface area contributed by atoms with E-state index in [-0.39, 0.29) is 17.3 Å². The summed E-state index contributed by atoms with van der Waals surface area (Å²) in [6.45, 7) is 5.72. The van der Waals surface area contributed by atoms with Gasteiger partial charge < -0.3 is 9.80 Å². The van der Waals surface area contributed by atoms with Crippen molar-refractivity contribution in [2.75, 3.05) is 31.1 Å². The van der Waals surface area contributed by atoms with Gasteiger partial charge in [0, 0.05) is 33.2 Å². The number of halogens is 1. The zero-order valence-corrected chi connectivity index (χ0v) is 16.8. The SMILES string of the molecule is Cc1c(C(=O)N2CCN(c3ccccc3F)CC2)sc2nc(C)n(C)c(=O)c12. The first-order valence-electron chi connectivity index (χ1n) is 9.14. The molecule has 1 aliphatic rings. The van der Waals surface area contributed by atoms with Crippen LogP contribution in [0.3, 0.4) is 0 Å². The van der Waals surface area contributed by atoms with Crippen LogP contribution >= 0.6 is 11.3 Å².